The second kappa shape index (κ2) is 6.96. The first-order valence-corrected chi connectivity index (χ1v) is 8.21. The van der Waals surface area contributed by atoms with Gasteiger partial charge in [-0.1, -0.05) is 6.92 Å². The van der Waals surface area contributed by atoms with Crippen molar-refractivity contribution in [2.45, 2.75) is 32.5 Å². The maximum atomic E-state index is 12.7. The SMILES string of the molecule is CC1CCCN(c2noc(CNC(=O)c3cc(C(F)(F)F)nn3C)n2)C1. The van der Waals surface area contributed by atoms with Gasteiger partial charge in [-0.2, -0.15) is 23.3 Å². The summed E-state index contributed by atoms with van der Waals surface area (Å²) in [7, 11) is 1.27. The highest BCUT2D eigenvalue weighted by Crippen LogP contribution is 2.28. The molecule has 2 aromatic rings. The van der Waals surface area contributed by atoms with Crippen molar-refractivity contribution in [2.75, 3.05) is 18.0 Å². The van der Waals surface area contributed by atoms with Gasteiger partial charge in [0.2, 0.25) is 5.89 Å². The highest BCUT2D eigenvalue weighted by Gasteiger charge is 2.35. The molecule has 1 unspecified atom stereocenters. The summed E-state index contributed by atoms with van der Waals surface area (Å²) in [4.78, 5) is 18.3. The van der Waals surface area contributed by atoms with E-state index in [0.29, 0.717) is 17.9 Å². The van der Waals surface area contributed by atoms with Gasteiger partial charge in [-0.05, 0) is 23.9 Å². The monoisotopic (exact) mass is 372 g/mol. The van der Waals surface area contributed by atoms with Crippen molar-refractivity contribution in [2.24, 2.45) is 13.0 Å². The lowest BCUT2D eigenvalue weighted by Gasteiger charge is -2.29. The minimum atomic E-state index is -4.61. The van der Waals surface area contributed by atoms with E-state index in [-0.39, 0.29) is 18.1 Å². The molecule has 0 saturated carbocycles. The van der Waals surface area contributed by atoms with Crippen LogP contribution in [0.3, 0.4) is 0 Å². The van der Waals surface area contributed by atoms with Gasteiger partial charge in [-0.25, -0.2) is 0 Å². The van der Waals surface area contributed by atoms with Gasteiger partial charge in [0, 0.05) is 26.2 Å². The maximum absolute atomic E-state index is 12.7. The zero-order valence-electron chi connectivity index (χ0n) is 14.4. The van der Waals surface area contributed by atoms with Crippen molar-refractivity contribution in [3.8, 4) is 0 Å². The van der Waals surface area contributed by atoms with Gasteiger partial charge >= 0.3 is 6.18 Å². The van der Waals surface area contributed by atoms with Crippen LogP contribution >= 0.6 is 0 Å². The van der Waals surface area contributed by atoms with Crippen molar-refractivity contribution < 1.29 is 22.5 Å². The fourth-order valence-corrected chi connectivity index (χ4v) is 2.88. The number of hydrogen-bond acceptors (Lipinski definition) is 6. The van der Waals surface area contributed by atoms with E-state index in [1.165, 1.54) is 7.05 Å². The summed E-state index contributed by atoms with van der Waals surface area (Å²) in [6, 6.07) is 0.698. The first-order chi connectivity index (χ1) is 12.2. The highest BCUT2D eigenvalue weighted by molar-refractivity contribution is 5.92. The molecule has 142 valence electrons. The number of piperidine rings is 1. The number of halogens is 3. The van der Waals surface area contributed by atoms with Gasteiger partial charge in [-0.15, -0.1) is 0 Å². The van der Waals surface area contributed by atoms with E-state index in [1.54, 1.807) is 0 Å². The largest absolute Gasteiger partial charge is 0.435 e. The minimum absolute atomic E-state index is 0.0816. The molecular weight excluding hydrogens is 353 g/mol. The molecular formula is C15H19F3N6O2. The van der Waals surface area contributed by atoms with Crippen LogP contribution in [-0.4, -0.2) is 38.9 Å². The Bertz CT molecular complexity index is 785. The van der Waals surface area contributed by atoms with E-state index in [4.69, 9.17) is 4.52 Å². The molecule has 1 aliphatic rings. The van der Waals surface area contributed by atoms with E-state index in [2.05, 4.69) is 27.5 Å². The number of rotatable bonds is 4. The van der Waals surface area contributed by atoms with Crippen LogP contribution in [0.5, 0.6) is 0 Å². The number of nitrogens with one attached hydrogen (secondary N) is 1. The summed E-state index contributed by atoms with van der Waals surface area (Å²) in [5.74, 6) is 0.477. The summed E-state index contributed by atoms with van der Waals surface area (Å²) >= 11 is 0. The molecule has 1 amide bonds. The zero-order chi connectivity index (χ0) is 18.9. The molecule has 3 rings (SSSR count). The smallest absolute Gasteiger partial charge is 0.342 e. The van der Waals surface area contributed by atoms with Crippen LogP contribution in [0.4, 0.5) is 19.1 Å². The molecule has 0 bridgehead atoms. The quantitative estimate of drug-likeness (QED) is 0.883. The summed E-state index contributed by atoms with van der Waals surface area (Å²) < 4.78 is 44.0. The second-order valence-corrected chi connectivity index (χ2v) is 6.40. The van der Waals surface area contributed by atoms with Gasteiger partial charge in [0.15, 0.2) is 5.69 Å². The molecule has 0 aliphatic carbocycles. The molecule has 0 aromatic carbocycles. The third kappa shape index (κ3) is 3.97. The Morgan fingerprint density at radius 1 is 1.46 bits per heavy atom. The van der Waals surface area contributed by atoms with Gasteiger partial charge < -0.3 is 14.7 Å². The number of hydrogen-bond donors (Lipinski definition) is 1. The number of alkyl halides is 3. The van der Waals surface area contributed by atoms with E-state index in [1.807, 2.05) is 4.90 Å². The number of nitrogens with zero attached hydrogens (tertiary/aromatic N) is 5. The van der Waals surface area contributed by atoms with Crippen LogP contribution in [0.2, 0.25) is 0 Å². The summed E-state index contributed by atoms with van der Waals surface area (Å²) in [6.45, 7) is 3.74. The third-order valence-corrected chi connectivity index (χ3v) is 4.20. The van der Waals surface area contributed by atoms with Crippen molar-refractivity contribution in [1.29, 1.82) is 0 Å². The lowest BCUT2D eigenvalue weighted by molar-refractivity contribution is -0.141. The van der Waals surface area contributed by atoms with E-state index >= 15 is 0 Å². The van der Waals surface area contributed by atoms with E-state index in [0.717, 1.165) is 30.6 Å². The fourth-order valence-electron chi connectivity index (χ4n) is 2.88. The molecule has 3 heterocycles. The van der Waals surface area contributed by atoms with Gasteiger partial charge in [0.05, 0.1) is 6.54 Å². The van der Waals surface area contributed by atoms with Crippen molar-refractivity contribution in [3.63, 3.8) is 0 Å². The van der Waals surface area contributed by atoms with Crippen LogP contribution in [0, 0.1) is 5.92 Å². The standard InChI is InChI=1S/C15H19F3N6O2/c1-9-4-3-5-24(8-9)14-20-12(26-22-14)7-19-13(25)10-6-11(15(16,17)18)21-23(10)2/h6,9H,3-5,7-8H2,1-2H3,(H,19,25). The summed E-state index contributed by atoms with van der Waals surface area (Å²) in [6.07, 6.45) is -2.41. The minimum Gasteiger partial charge on any atom is -0.342 e. The van der Waals surface area contributed by atoms with Crippen LogP contribution in [0.1, 0.15) is 41.8 Å². The van der Waals surface area contributed by atoms with E-state index < -0.39 is 17.8 Å². The average molecular weight is 372 g/mol. The Morgan fingerprint density at radius 3 is 2.88 bits per heavy atom. The third-order valence-electron chi connectivity index (χ3n) is 4.20. The first-order valence-electron chi connectivity index (χ1n) is 8.21. The molecule has 2 aromatic heterocycles. The van der Waals surface area contributed by atoms with Crippen LogP contribution < -0.4 is 10.2 Å². The number of anilines is 1. The zero-order valence-corrected chi connectivity index (χ0v) is 14.4. The fraction of sp³-hybridized carbons (Fsp3) is 0.600. The number of amides is 1. The molecule has 1 saturated heterocycles. The number of carbonyl (C=O) groups excluding carboxylic acids is 1. The van der Waals surface area contributed by atoms with Gasteiger partial charge in [-0.3, -0.25) is 9.48 Å². The molecule has 0 spiro atoms. The molecule has 11 heteroatoms. The molecule has 0 radical (unpaired) electrons. The molecule has 1 fully saturated rings. The van der Waals surface area contributed by atoms with Crippen molar-refractivity contribution in [1.82, 2.24) is 25.2 Å². The number of carbonyl (C=O) groups is 1. The van der Waals surface area contributed by atoms with Crippen LogP contribution in [0.15, 0.2) is 10.6 Å². The lowest BCUT2D eigenvalue weighted by atomic mass is 10.0. The van der Waals surface area contributed by atoms with E-state index in [9.17, 15) is 18.0 Å². The highest BCUT2D eigenvalue weighted by atomic mass is 19.4. The Morgan fingerprint density at radius 2 is 2.23 bits per heavy atom. The Kier molecular flexibility index (Phi) is 4.88. The topological polar surface area (TPSA) is 89.1 Å². The predicted octanol–water partition coefficient (Wildman–Crippen LogP) is 1.99. The number of aryl methyl sites for hydroxylation is 1. The Hall–Kier alpha value is -2.59. The Labute approximate surface area is 147 Å². The first kappa shape index (κ1) is 18.2. The molecule has 1 N–H and O–H groups in total. The van der Waals surface area contributed by atoms with Crippen LogP contribution in [-0.2, 0) is 19.8 Å². The lowest BCUT2D eigenvalue weighted by Crippen LogP contribution is -2.35. The average Bonchev–Trinajstić information content (AvgIpc) is 3.19. The predicted molar refractivity (Wildman–Crippen MR) is 84.3 cm³/mol. The second-order valence-electron chi connectivity index (χ2n) is 6.40. The molecule has 8 nitrogen and oxygen atoms in total. The van der Waals surface area contributed by atoms with Crippen LogP contribution in [0.25, 0.3) is 0 Å². The maximum Gasteiger partial charge on any atom is 0.435 e. The summed E-state index contributed by atoms with van der Waals surface area (Å²) in [5, 5.41) is 9.67. The van der Waals surface area contributed by atoms with Gasteiger partial charge in [0.1, 0.15) is 5.69 Å². The van der Waals surface area contributed by atoms with Crippen molar-refractivity contribution >= 4 is 11.9 Å². The normalized spacial score (nSPS) is 18.2. The Balaban J connectivity index is 1.61. The number of aromatic nitrogens is 4. The van der Waals surface area contributed by atoms with Gasteiger partial charge in [0.25, 0.3) is 11.9 Å². The molecule has 1 atom stereocenters. The molecule has 26 heavy (non-hydrogen) atoms. The van der Waals surface area contributed by atoms with Crippen molar-refractivity contribution in [3.05, 3.63) is 23.3 Å². The summed E-state index contributed by atoms with van der Waals surface area (Å²) in [5.41, 5.74) is -1.33. The molecule has 1 aliphatic heterocycles.